The maximum atomic E-state index is 10.2. The molecule has 3 rings (SSSR count). The van der Waals surface area contributed by atoms with Crippen LogP contribution in [0.4, 0.5) is 0 Å². The summed E-state index contributed by atoms with van der Waals surface area (Å²) >= 11 is 0. The third kappa shape index (κ3) is 1.23. The first-order valence-electron chi connectivity index (χ1n) is 5.86. The number of nitrogens with one attached hydrogen (secondary N) is 2. The molecule has 8 N–H and O–H groups in total. The average molecular weight is 272 g/mol. The van der Waals surface area contributed by atoms with Gasteiger partial charge in [0.2, 0.25) is 11.7 Å². The molecule has 0 amide bonds. The lowest BCUT2D eigenvalue weighted by Gasteiger charge is -2.52. The summed E-state index contributed by atoms with van der Waals surface area (Å²) in [5, 5.41) is 50.9. The van der Waals surface area contributed by atoms with Crippen LogP contribution in [0.5, 0.6) is 0 Å². The van der Waals surface area contributed by atoms with Crippen molar-refractivity contribution in [1.82, 2.24) is 15.3 Å². The first-order valence-corrected chi connectivity index (χ1v) is 5.86. The minimum Gasteiger partial charge on any atom is -0.394 e. The lowest BCUT2D eigenvalue weighted by molar-refractivity contribution is -0.241. The molecule has 0 bridgehead atoms. The Labute approximate surface area is 108 Å². The van der Waals surface area contributed by atoms with E-state index in [9.17, 15) is 20.5 Å². The Bertz CT molecular complexity index is 468. The van der Waals surface area contributed by atoms with E-state index in [0.29, 0.717) is 5.06 Å². The molecule has 2 saturated heterocycles. The van der Waals surface area contributed by atoms with E-state index in [1.165, 1.54) is 4.90 Å². The Morgan fingerprint density at radius 1 is 1.53 bits per heavy atom. The fourth-order valence-corrected chi connectivity index (χ4v) is 3.19. The van der Waals surface area contributed by atoms with E-state index in [1.807, 2.05) is 0 Å². The summed E-state index contributed by atoms with van der Waals surface area (Å²) in [7, 11) is 0. The van der Waals surface area contributed by atoms with Crippen LogP contribution >= 0.6 is 0 Å². The second-order valence-electron chi connectivity index (χ2n) is 4.99. The zero-order chi connectivity index (χ0) is 14.0. The second kappa shape index (κ2) is 3.48. The van der Waals surface area contributed by atoms with Gasteiger partial charge in [-0.15, -0.1) is 0 Å². The van der Waals surface area contributed by atoms with E-state index < -0.39 is 30.1 Å². The van der Waals surface area contributed by atoms with Crippen molar-refractivity contribution in [3.8, 4) is 0 Å². The number of nitrogens with two attached hydrogens (primary N) is 1. The summed E-state index contributed by atoms with van der Waals surface area (Å²) in [6, 6.07) is -1.89. The fraction of sp³-hybridized carbons (Fsp3) is 0.778. The number of aliphatic imine (C=N–C) groups is 1. The average Bonchev–Trinajstić information content (AvgIpc) is 2.80. The molecule has 3 aliphatic rings. The van der Waals surface area contributed by atoms with Crippen LogP contribution < -0.4 is 11.1 Å². The van der Waals surface area contributed by atoms with Crippen molar-refractivity contribution in [2.24, 2.45) is 10.7 Å². The summed E-state index contributed by atoms with van der Waals surface area (Å²) in [5.41, 5.74) is 4.08. The molecule has 3 unspecified atom stereocenters. The van der Waals surface area contributed by atoms with Crippen LogP contribution in [0.3, 0.4) is 0 Å². The molecular weight excluding hydrogens is 256 g/mol. The van der Waals surface area contributed by atoms with Crippen molar-refractivity contribution in [2.45, 2.75) is 30.0 Å². The Hall–Kier alpha value is -1.62. The molecule has 0 aromatic heterocycles. The highest BCUT2D eigenvalue weighted by Crippen LogP contribution is 2.45. The molecule has 0 aromatic rings. The van der Waals surface area contributed by atoms with Gasteiger partial charge in [-0.1, -0.05) is 0 Å². The van der Waals surface area contributed by atoms with Gasteiger partial charge in [0.15, 0.2) is 11.6 Å². The Kier molecular flexibility index (Phi) is 2.27. The van der Waals surface area contributed by atoms with Gasteiger partial charge in [0.25, 0.3) is 0 Å². The molecule has 1 spiro atoms. The molecular formula is C9H16N6O4. The smallest absolute Gasteiger partial charge is 0.220 e. The van der Waals surface area contributed by atoms with Crippen LogP contribution in [-0.4, -0.2) is 79.1 Å². The van der Waals surface area contributed by atoms with E-state index in [0.717, 1.165) is 0 Å². The highest BCUT2D eigenvalue weighted by Gasteiger charge is 2.71. The summed E-state index contributed by atoms with van der Waals surface area (Å²) in [5.74, 6) is -2.54. The van der Waals surface area contributed by atoms with Crippen LogP contribution in [0.15, 0.2) is 4.99 Å². The highest BCUT2D eigenvalue weighted by atomic mass is 16.5. The van der Waals surface area contributed by atoms with E-state index in [2.05, 4.69) is 10.3 Å². The van der Waals surface area contributed by atoms with Crippen LogP contribution in [0.25, 0.3) is 0 Å². The largest absolute Gasteiger partial charge is 0.394 e. The normalized spacial score (nSPS) is 39.8. The molecule has 0 saturated carbocycles. The molecule has 0 radical (unpaired) electrons. The van der Waals surface area contributed by atoms with Gasteiger partial charge in [-0.2, -0.15) is 0 Å². The Balaban J connectivity index is 2.15. The number of hydrogen-bond donors (Lipinski definition) is 7. The number of hydroxylamine groups is 2. The molecule has 0 aromatic carbocycles. The number of hydrogen-bond acceptors (Lipinski definition) is 8. The van der Waals surface area contributed by atoms with Gasteiger partial charge in [-0.3, -0.25) is 10.6 Å². The van der Waals surface area contributed by atoms with Gasteiger partial charge >= 0.3 is 0 Å². The van der Waals surface area contributed by atoms with E-state index in [4.69, 9.17) is 11.1 Å². The van der Waals surface area contributed by atoms with Crippen LogP contribution in [-0.2, 0) is 0 Å². The van der Waals surface area contributed by atoms with Crippen LogP contribution in [0, 0.1) is 5.41 Å². The highest BCUT2D eigenvalue weighted by molar-refractivity contribution is 5.86. The summed E-state index contributed by atoms with van der Waals surface area (Å²) in [4.78, 5) is 5.34. The summed E-state index contributed by atoms with van der Waals surface area (Å²) in [6.45, 7) is -0.360. The molecule has 3 atom stereocenters. The molecule has 10 heteroatoms. The van der Waals surface area contributed by atoms with Crippen LogP contribution in [0.2, 0.25) is 0 Å². The number of guanidine groups is 2. The van der Waals surface area contributed by atoms with Gasteiger partial charge in [0.1, 0.15) is 12.1 Å². The zero-order valence-electron chi connectivity index (χ0n) is 9.98. The molecule has 0 aliphatic carbocycles. The Morgan fingerprint density at radius 3 is 2.84 bits per heavy atom. The maximum Gasteiger partial charge on any atom is 0.220 e. The molecule has 106 valence electrons. The Morgan fingerprint density at radius 2 is 2.21 bits per heavy atom. The van der Waals surface area contributed by atoms with Crippen molar-refractivity contribution in [3.63, 3.8) is 0 Å². The summed E-state index contributed by atoms with van der Waals surface area (Å²) < 4.78 is 0. The quantitative estimate of drug-likeness (QED) is 0.240. The van der Waals surface area contributed by atoms with Gasteiger partial charge in [0, 0.05) is 13.0 Å². The second-order valence-corrected chi connectivity index (χ2v) is 4.99. The van der Waals surface area contributed by atoms with Gasteiger partial charge in [-0.05, 0) is 0 Å². The zero-order valence-corrected chi connectivity index (χ0v) is 9.98. The van der Waals surface area contributed by atoms with Crippen molar-refractivity contribution < 1.29 is 20.5 Å². The summed E-state index contributed by atoms with van der Waals surface area (Å²) in [6.07, 6.45) is -0.0341. The van der Waals surface area contributed by atoms with Crippen LogP contribution in [0.1, 0.15) is 6.42 Å². The lowest BCUT2D eigenvalue weighted by Crippen LogP contribution is -2.80. The molecule has 10 nitrogen and oxygen atoms in total. The topological polar surface area (TPSA) is 162 Å². The maximum absolute atomic E-state index is 10.2. The van der Waals surface area contributed by atoms with E-state index in [-0.39, 0.29) is 24.9 Å². The monoisotopic (exact) mass is 272 g/mol. The number of aliphatic hydroxyl groups excluding tert-OH is 1. The molecule has 3 aliphatic heterocycles. The third-order valence-corrected chi connectivity index (χ3v) is 4.08. The SMILES string of the molecule is N=C1N(O)C(CO)C2N=C(N)NC23N1CCC3(O)O. The third-order valence-electron chi connectivity index (χ3n) is 4.08. The van der Waals surface area contributed by atoms with Crippen molar-refractivity contribution in [1.29, 1.82) is 5.41 Å². The van der Waals surface area contributed by atoms with Gasteiger partial charge in [-0.25, -0.2) is 10.1 Å². The molecule has 3 heterocycles. The van der Waals surface area contributed by atoms with Crippen molar-refractivity contribution in [3.05, 3.63) is 0 Å². The van der Waals surface area contributed by atoms with E-state index >= 15 is 0 Å². The predicted molar refractivity (Wildman–Crippen MR) is 62.0 cm³/mol. The number of rotatable bonds is 1. The van der Waals surface area contributed by atoms with Crippen molar-refractivity contribution in [2.75, 3.05) is 13.2 Å². The fourth-order valence-electron chi connectivity index (χ4n) is 3.19. The number of nitrogens with zero attached hydrogens (tertiary/aromatic N) is 3. The first-order chi connectivity index (χ1) is 8.85. The minimum atomic E-state index is -2.18. The standard InChI is InChI=1S/C9H16N6O4/c10-6-12-5-4(3-16)15(19)7(11)14-2-1-8(17,18)9(5,14)13-6/h4-5,11,16-19H,1-3H2,(H3,10,12,13). The van der Waals surface area contributed by atoms with E-state index in [1.54, 1.807) is 0 Å². The van der Waals surface area contributed by atoms with Gasteiger partial charge < -0.3 is 31.3 Å². The first kappa shape index (κ1) is 12.4. The van der Waals surface area contributed by atoms with Crippen molar-refractivity contribution >= 4 is 11.9 Å². The lowest BCUT2D eigenvalue weighted by atomic mass is 9.86. The van der Waals surface area contributed by atoms with Gasteiger partial charge in [0.05, 0.1) is 6.61 Å². The molecule has 2 fully saturated rings. The number of aliphatic hydroxyl groups is 3. The predicted octanol–water partition coefficient (Wildman–Crippen LogP) is -3.64. The minimum absolute atomic E-state index is 0.0223. The molecule has 19 heavy (non-hydrogen) atoms.